The van der Waals surface area contributed by atoms with Crippen molar-refractivity contribution in [2.75, 3.05) is 0 Å². The molecule has 0 N–H and O–H groups in total. The van der Waals surface area contributed by atoms with Gasteiger partial charge in [0.2, 0.25) is 0 Å². The van der Waals surface area contributed by atoms with Gasteiger partial charge in [0.15, 0.2) is 0 Å². The van der Waals surface area contributed by atoms with Gasteiger partial charge in [0.1, 0.15) is 0 Å². The molecular formula is C16H18N2. The van der Waals surface area contributed by atoms with Gasteiger partial charge >= 0.3 is 0 Å². The quantitative estimate of drug-likeness (QED) is 0.652. The first kappa shape index (κ1) is 12.5. The topological polar surface area (TPSA) is 24.7 Å². The molecule has 2 aromatic carbocycles. The molecule has 0 atom stereocenters. The van der Waals surface area contributed by atoms with Crippen LogP contribution in [0.5, 0.6) is 0 Å². The molecule has 0 saturated heterocycles. The Balaban J connectivity index is 2.08. The van der Waals surface area contributed by atoms with Crippen LogP contribution < -0.4 is 0 Å². The lowest BCUT2D eigenvalue weighted by Crippen LogP contribution is -1.77. The third-order valence-corrected chi connectivity index (χ3v) is 2.97. The second-order valence-electron chi connectivity index (χ2n) is 4.24. The standard InChI is InChI=1S/C16H18N2/c1-3-13-5-9-15(10-6-13)17-18-16-11-7-14(4-2)8-12-16/h5-12H,3-4H2,1-2H3/b18-17+. The highest BCUT2D eigenvalue weighted by molar-refractivity contribution is 5.42. The van der Waals surface area contributed by atoms with Crippen LogP contribution in [0.4, 0.5) is 11.4 Å². The van der Waals surface area contributed by atoms with Gasteiger partial charge in [-0.3, -0.25) is 0 Å². The summed E-state index contributed by atoms with van der Waals surface area (Å²) < 4.78 is 0. The molecule has 92 valence electrons. The zero-order valence-electron chi connectivity index (χ0n) is 10.9. The number of benzene rings is 2. The minimum atomic E-state index is 0.895. The van der Waals surface area contributed by atoms with Gasteiger partial charge in [-0.2, -0.15) is 10.2 Å². The first-order valence-corrected chi connectivity index (χ1v) is 6.41. The third-order valence-electron chi connectivity index (χ3n) is 2.97. The van der Waals surface area contributed by atoms with E-state index in [0.717, 1.165) is 24.2 Å². The Morgan fingerprint density at radius 3 is 1.22 bits per heavy atom. The Morgan fingerprint density at radius 2 is 0.944 bits per heavy atom. The highest BCUT2D eigenvalue weighted by Gasteiger charge is 1.93. The summed E-state index contributed by atoms with van der Waals surface area (Å²) in [6.45, 7) is 4.29. The first-order valence-electron chi connectivity index (χ1n) is 6.41. The molecule has 2 heteroatoms. The van der Waals surface area contributed by atoms with Crippen LogP contribution in [0.15, 0.2) is 58.8 Å². The van der Waals surface area contributed by atoms with Crippen molar-refractivity contribution in [3.8, 4) is 0 Å². The van der Waals surface area contributed by atoms with Crippen molar-refractivity contribution in [3.63, 3.8) is 0 Å². The van der Waals surface area contributed by atoms with Crippen molar-refractivity contribution < 1.29 is 0 Å². The number of azo groups is 1. The van der Waals surface area contributed by atoms with Crippen molar-refractivity contribution in [1.82, 2.24) is 0 Å². The zero-order chi connectivity index (χ0) is 12.8. The number of aryl methyl sites for hydroxylation is 2. The fourth-order valence-electron chi connectivity index (χ4n) is 1.71. The molecule has 0 fully saturated rings. The normalized spacial score (nSPS) is 11.0. The third kappa shape index (κ3) is 3.27. The van der Waals surface area contributed by atoms with Crippen molar-refractivity contribution >= 4 is 11.4 Å². The monoisotopic (exact) mass is 238 g/mol. The smallest absolute Gasteiger partial charge is 0.0857 e. The Bertz CT molecular complexity index is 460. The lowest BCUT2D eigenvalue weighted by Gasteiger charge is -1.98. The van der Waals surface area contributed by atoms with Crippen LogP contribution in [0.2, 0.25) is 0 Å². The summed E-state index contributed by atoms with van der Waals surface area (Å²) >= 11 is 0. The number of hydrogen-bond donors (Lipinski definition) is 0. The van der Waals surface area contributed by atoms with Gasteiger partial charge in [-0.1, -0.05) is 38.1 Å². The minimum absolute atomic E-state index is 0.895. The molecule has 18 heavy (non-hydrogen) atoms. The predicted molar refractivity (Wildman–Crippen MR) is 75.8 cm³/mol. The molecule has 0 aliphatic carbocycles. The van der Waals surface area contributed by atoms with Gasteiger partial charge in [0, 0.05) is 0 Å². The Labute approximate surface area is 108 Å². The van der Waals surface area contributed by atoms with E-state index in [4.69, 9.17) is 0 Å². The van der Waals surface area contributed by atoms with Crippen molar-refractivity contribution in [1.29, 1.82) is 0 Å². The van der Waals surface area contributed by atoms with Gasteiger partial charge in [-0.15, -0.1) is 0 Å². The molecule has 2 rings (SSSR count). The maximum Gasteiger partial charge on any atom is 0.0857 e. The van der Waals surface area contributed by atoms with Crippen LogP contribution in [0, 0.1) is 0 Å². The van der Waals surface area contributed by atoms with Gasteiger partial charge < -0.3 is 0 Å². The largest absolute Gasteiger partial charge is 0.151 e. The Hall–Kier alpha value is -1.96. The van der Waals surface area contributed by atoms with E-state index < -0.39 is 0 Å². The summed E-state index contributed by atoms with van der Waals surface area (Å²) in [4.78, 5) is 0. The van der Waals surface area contributed by atoms with Crippen molar-refractivity contribution in [3.05, 3.63) is 59.7 Å². The molecule has 0 spiro atoms. The van der Waals surface area contributed by atoms with E-state index >= 15 is 0 Å². The fourth-order valence-corrected chi connectivity index (χ4v) is 1.71. The number of hydrogen-bond acceptors (Lipinski definition) is 2. The minimum Gasteiger partial charge on any atom is -0.151 e. The highest BCUT2D eigenvalue weighted by atomic mass is 15.1. The van der Waals surface area contributed by atoms with Crippen LogP contribution >= 0.6 is 0 Å². The molecule has 0 heterocycles. The molecule has 0 unspecified atom stereocenters. The van der Waals surface area contributed by atoms with E-state index in [0.29, 0.717) is 0 Å². The average molecular weight is 238 g/mol. The van der Waals surface area contributed by atoms with Gasteiger partial charge in [-0.05, 0) is 48.2 Å². The van der Waals surface area contributed by atoms with Gasteiger partial charge in [-0.25, -0.2) is 0 Å². The zero-order valence-corrected chi connectivity index (χ0v) is 10.9. The molecule has 0 aliphatic heterocycles. The van der Waals surface area contributed by atoms with Crippen LogP contribution in [0.1, 0.15) is 25.0 Å². The van der Waals surface area contributed by atoms with Crippen molar-refractivity contribution in [2.24, 2.45) is 10.2 Å². The summed E-state index contributed by atoms with van der Waals surface area (Å²) in [5, 5.41) is 8.46. The van der Waals surface area contributed by atoms with Crippen LogP contribution in [-0.2, 0) is 12.8 Å². The molecule has 2 nitrogen and oxygen atoms in total. The average Bonchev–Trinajstić information content (AvgIpc) is 2.46. The molecule has 0 saturated carbocycles. The molecule has 0 aromatic heterocycles. The molecule has 2 aromatic rings. The summed E-state index contributed by atoms with van der Waals surface area (Å²) in [5.41, 5.74) is 4.43. The molecular weight excluding hydrogens is 220 g/mol. The van der Waals surface area contributed by atoms with E-state index in [-0.39, 0.29) is 0 Å². The van der Waals surface area contributed by atoms with Crippen molar-refractivity contribution in [2.45, 2.75) is 26.7 Å². The van der Waals surface area contributed by atoms with Crippen LogP contribution in [-0.4, -0.2) is 0 Å². The highest BCUT2D eigenvalue weighted by Crippen LogP contribution is 2.19. The Morgan fingerprint density at radius 1 is 0.611 bits per heavy atom. The van der Waals surface area contributed by atoms with E-state index in [9.17, 15) is 0 Å². The predicted octanol–water partition coefficient (Wildman–Crippen LogP) is 5.23. The number of nitrogens with zero attached hydrogens (tertiary/aromatic N) is 2. The SMILES string of the molecule is CCc1ccc(/N=N/c2ccc(CC)cc2)cc1. The summed E-state index contributed by atoms with van der Waals surface area (Å²) in [6.07, 6.45) is 2.10. The first-order chi connectivity index (χ1) is 8.81. The second-order valence-corrected chi connectivity index (χ2v) is 4.24. The molecule has 0 radical (unpaired) electrons. The molecule has 0 aliphatic rings. The molecule has 0 amide bonds. The summed E-state index contributed by atoms with van der Waals surface area (Å²) in [7, 11) is 0. The summed E-state index contributed by atoms with van der Waals surface area (Å²) in [6, 6.07) is 16.4. The summed E-state index contributed by atoms with van der Waals surface area (Å²) in [5.74, 6) is 0. The number of rotatable bonds is 4. The maximum absolute atomic E-state index is 4.23. The van der Waals surface area contributed by atoms with E-state index in [2.05, 4.69) is 48.3 Å². The maximum atomic E-state index is 4.23. The Kier molecular flexibility index (Phi) is 4.24. The fraction of sp³-hybridized carbons (Fsp3) is 0.250. The van der Waals surface area contributed by atoms with Crippen LogP contribution in [0.3, 0.4) is 0 Å². The molecule has 0 bridgehead atoms. The van der Waals surface area contributed by atoms with E-state index in [1.54, 1.807) is 0 Å². The lowest BCUT2D eigenvalue weighted by atomic mass is 10.1. The second kappa shape index (κ2) is 6.10. The van der Waals surface area contributed by atoms with E-state index in [1.165, 1.54) is 11.1 Å². The van der Waals surface area contributed by atoms with Crippen LogP contribution in [0.25, 0.3) is 0 Å². The van der Waals surface area contributed by atoms with Gasteiger partial charge in [0.05, 0.1) is 11.4 Å². The lowest BCUT2D eigenvalue weighted by molar-refractivity contribution is 1.13. The van der Waals surface area contributed by atoms with E-state index in [1.807, 2.05) is 24.3 Å². The van der Waals surface area contributed by atoms with Gasteiger partial charge in [0.25, 0.3) is 0 Å².